The Kier molecular flexibility index (Phi) is 3.66. The van der Waals surface area contributed by atoms with Crippen LogP contribution in [0.1, 0.15) is 6.42 Å². The molecule has 0 aliphatic carbocycles. The van der Waals surface area contributed by atoms with E-state index in [0.717, 1.165) is 0 Å². The van der Waals surface area contributed by atoms with Crippen LogP contribution in [0.5, 0.6) is 0 Å². The molecule has 1 aliphatic rings. The van der Waals surface area contributed by atoms with Crippen molar-refractivity contribution in [1.29, 1.82) is 0 Å². The molecule has 0 radical (unpaired) electrons. The van der Waals surface area contributed by atoms with Crippen LogP contribution in [0.15, 0.2) is 24.3 Å². The summed E-state index contributed by atoms with van der Waals surface area (Å²) in [7, 11) is 0. The summed E-state index contributed by atoms with van der Waals surface area (Å²) >= 11 is 0. The Hall–Kier alpha value is -2.24. The van der Waals surface area contributed by atoms with Crippen LogP contribution >= 0.6 is 0 Å². The fourth-order valence-corrected chi connectivity index (χ4v) is 1.71. The van der Waals surface area contributed by atoms with E-state index in [-0.39, 0.29) is 18.4 Å². The Morgan fingerprint density at radius 1 is 1.50 bits per heavy atom. The number of cyclic esters (lactones) is 1. The molecule has 1 saturated heterocycles. The molecule has 0 atom stereocenters. The molecule has 0 saturated carbocycles. The van der Waals surface area contributed by atoms with Crippen LogP contribution in [0.25, 0.3) is 0 Å². The summed E-state index contributed by atoms with van der Waals surface area (Å²) in [5.41, 5.74) is 6.86. The number of carbonyl (C=O) groups excluding carboxylic acids is 2. The Balaban J connectivity index is 1.80. The van der Waals surface area contributed by atoms with Gasteiger partial charge in [-0.05, 0) is 18.2 Å². The first kappa shape index (κ1) is 12.2. The standard InChI is InChI=1S/C12H15N3O3/c13-9-2-1-3-10(8-9)14-11(16)4-5-15-6-7-18-12(15)17/h1-3,8H,4-7,13H2,(H,14,16). The highest BCUT2D eigenvalue weighted by Crippen LogP contribution is 2.12. The van der Waals surface area contributed by atoms with E-state index in [0.29, 0.717) is 31.1 Å². The second-order valence-corrected chi connectivity index (χ2v) is 4.03. The molecule has 1 heterocycles. The molecule has 1 fully saturated rings. The maximum absolute atomic E-state index is 11.7. The molecule has 1 aliphatic heterocycles. The molecule has 0 unspecified atom stereocenters. The Morgan fingerprint density at radius 2 is 2.33 bits per heavy atom. The van der Waals surface area contributed by atoms with Gasteiger partial charge in [-0.15, -0.1) is 0 Å². The monoisotopic (exact) mass is 249 g/mol. The Morgan fingerprint density at radius 3 is 3.00 bits per heavy atom. The van der Waals surface area contributed by atoms with Crippen molar-refractivity contribution in [3.05, 3.63) is 24.3 Å². The van der Waals surface area contributed by atoms with E-state index in [1.807, 2.05) is 0 Å². The van der Waals surface area contributed by atoms with Gasteiger partial charge in [0.05, 0.1) is 6.54 Å². The summed E-state index contributed by atoms with van der Waals surface area (Å²) in [6.07, 6.45) is -0.115. The smallest absolute Gasteiger partial charge is 0.409 e. The van der Waals surface area contributed by atoms with Crippen LogP contribution in [0.2, 0.25) is 0 Å². The summed E-state index contributed by atoms with van der Waals surface area (Å²) in [4.78, 5) is 24.3. The molecule has 96 valence electrons. The molecule has 0 bridgehead atoms. The van der Waals surface area contributed by atoms with Gasteiger partial charge in [-0.1, -0.05) is 6.07 Å². The van der Waals surface area contributed by atoms with Gasteiger partial charge in [-0.2, -0.15) is 0 Å². The lowest BCUT2D eigenvalue weighted by Crippen LogP contribution is -2.28. The number of benzene rings is 1. The molecule has 3 N–H and O–H groups in total. The van der Waals surface area contributed by atoms with Gasteiger partial charge in [0.25, 0.3) is 0 Å². The third-order valence-corrected chi connectivity index (χ3v) is 2.62. The minimum Gasteiger partial charge on any atom is -0.448 e. The van der Waals surface area contributed by atoms with Gasteiger partial charge in [-0.25, -0.2) is 4.79 Å². The van der Waals surface area contributed by atoms with Crippen LogP contribution in [0.4, 0.5) is 16.2 Å². The lowest BCUT2D eigenvalue weighted by Gasteiger charge is -2.12. The quantitative estimate of drug-likeness (QED) is 0.781. The maximum atomic E-state index is 11.7. The highest BCUT2D eigenvalue weighted by molar-refractivity contribution is 5.91. The highest BCUT2D eigenvalue weighted by Gasteiger charge is 2.21. The number of nitrogens with zero attached hydrogens (tertiary/aromatic N) is 1. The van der Waals surface area contributed by atoms with E-state index < -0.39 is 0 Å². The number of amides is 2. The summed E-state index contributed by atoms with van der Waals surface area (Å²) < 4.78 is 4.77. The first-order valence-corrected chi connectivity index (χ1v) is 5.72. The highest BCUT2D eigenvalue weighted by atomic mass is 16.6. The lowest BCUT2D eigenvalue weighted by atomic mass is 10.2. The van der Waals surface area contributed by atoms with E-state index in [1.165, 1.54) is 4.90 Å². The average Bonchev–Trinajstić information content (AvgIpc) is 2.72. The fourth-order valence-electron chi connectivity index (χ4n) is 1.71. The normalized spacial score (nSPS) is 14.4. The SMILES string of the molecule is Nc1cccc(NC(=O)CCN2CCOC2=O)c1. The topological polar surface area (TPSA) is 84.7 Å². The number of nitrogen functional groups attached to an aromatic ring is 1. The predicted molar refractivity (Wildman–Crippen MR) is 67.0 cm³/mol. The number of carbonyl (C=O) groups is 2. The van der Waals surface area contributed by atoms with Gasteiger partial charge in [0.1, 0.15) is 6.61 Å². The van der Waals surface area contributed by atoms with Gasteiger partial charge >= 0.3 is 6.09 Å². The summed E-state index contributed by atoms with van der Waals surface area (Å²) in [5.74, 6) is -0.152. The first-order valence-electron chi connectivity index (χ1n) is 5.72. The molecule has 2 amide bonds. The fraction of sp³-hybridized carbons (Fsp3) is 0.333. The number of anilines is 2. The average molecular weight is 249 g/mol. The zero-order valence-electron chi connectivity index (χ0n) is 9.89. The van der Waals surface area contributed by atoms with E-state index in [1.54, 1.807) is 24.3 Å². The molecule has 6 nitrogen and oxygen atoms in total. The second-order valence-electron chi connectivity index (χ2n) is 4.03. The third-order valence-electron chi connectivity index (χ3n) is 2.62. The molecule has 6 heteroatoms. The van der Waals surface area contributed by atoms with Crippen molar-refractivity contribution in [2.24, 2.45) is 0 Å². The van der Waals surface area contributed by atoms with Gasteiger partial charge < -0.3 is 20.7 Å². The number of rotatable bonds is 4. The number of hydrogen-bond donors (Lipinski definition) is 2. The van der Waals surface area contributed by atoms with E-state index in [4.69, 9.17) is 10.5 Å². The summed E-state index contributed by atoms with van der Waals surface area (Å²) in [5, 5.41) is 2.72. The number of ether oxygens (including phenoxy) is 1. The van der Waals surface area contributed by atoms with Crippen molar-refractivity contribution in [2.45, 2.75) is 6.42 Å². The number of hydrogen-bond acceptors (Lipinski definition) is 4. The van der Waals surface area contributed by atoms with Gasteiger partial charge in [0.15, 0.2) is 0 Å². The molecule has 1 aromatic carbocycles. The van der Waals surface area contributed by atoms with E-state index >= 15 is 0 Å². The van der Waals surface area contributed by atoms with E-state index in [9.17, 15) is 9.59 Å². The van der Waals surface area contributed by atoms with Crippen LogP contribution in [-0.4, -0.2) is 36.6 Å². The molecule has 1 aromatic rings. The largest absolute Gasteiger partial charge is 0.448 e. The zero-order valence-corrected chi connectivity index (χ0v) is 9.89. The van der Waals surface area contributed by atoms with Crippen molar-refractivity contribution < 1.29 is 14.3 Å². The van der Waals surface area contributed by atoms with Crippen molar-refractivity contribution in [2.75, 3.05) is 30.7 Å². The molecule has 18 heavy (non-hydrogen) atoms. The molecule has 2 rings (SSSR count). The lowest BCUT2D eigenvalue weighted by molar-refractivity contribution is -0.116. The maximum Gasteiger partial charge on any atom is 0.409 e. The summed E-state index contributed by atoms with van der Waals surface area (Å²) in [6, 6.07) is 6.96. The van der Waals surface area contributed by atoms with Crippen LogP contribution in [0.3, 0.4) is 0 Å². The van der Waals surface area contributed by atoms with Crippen LogP contribution in [0, 0.1) is 0 Å². The van der Waals surface area contributed by atoms with Crippen LogP contribution in [-0.2, 0) is 9.53 Å². The van der Waals surface area contributed by atoms with Crippen LogP contribution < -0.4 is 11.1 Å². The van der Waals surface area contributed by atoms with E-state index in [2.05, 4.69) is 5.32 Å². The first-order chi connectivity index (χ1) is 8.65. The molecular formula is C12H15N3O3. The minimum absolute atomic E-state index is 0.152. The van der Waals surface area contributed by atoms with Gasteiger partial charge in [0, 0.05) is 24.3 Å². The predicted octanol–water partition coefficient (Wildman–Crippen LogP) is 1.05. The van der Waals surface area contributed by atoms with Crippen molar-refractivity contribution in [3.8, 4) is 0 Å². The number of nitrogens with two attached hydrogens (primary N) is 1. The van der Waals surface area contributed by atoms with Crippen molar-refractivity contribution >= 4 is 23.4 Å². The Labute approximate surface area is 105 Å². The van der Waals surface area contributed by atoms with Gasteiger partial charge in [0.2, 0.25) is 5.91 Å². The molecule has 0 aromatic heterocycles. The Bertz CT molecular complexity index is 462. The number of nitrogens with one attached hydrogen (secondary N) is 1. The van der Waals surface area contributed by atoms with Gasteiger partial charge in [-0.3, -0.25) is 4.79 Å². The zero-order chi connectivity index (χ0) is 13.0. The molecular weight excluding hydrogens is 234 g/mol. The third kappa shape index (κ3) is 3.13. The van der Waals surface area contributed by atoms with Crippen molar-refractivity contribution in [1.82, 2.24) is 4.90 Å². The molecule has 0 spiro atoms. The van der Waals surface area contributed by atoms with Crippen molar-refractivity contribution in [3.63, 3.8) is 0 Å². The summed E-state index contributed by atoms with van der Waals surface area (Å²) in [6.45, 7) is 1.31. The minimum atomic E-state index is -0.355. The second kappa shape index (κ2) is 5.39.